The van der Waals surface area contributed by atoms with Crippen molar-refractivity contribution >= 4 is 12.3 Å². The Kier molecular flexibility index (Phi) is 39.3. The lowest BCUT2D eigenvalue weighted by Crippen LogP contribution is -2.16. The Morgan fingerprint density at radius 2 is 0.431 bits per heavy atom. The number of carbonyl (C=O) groups excluding carboxylic acids is 2. The highest BCUT2D eigenvalue weighted by atomic mass is 16.7. The van der Waals surface area contributed by atoms with Crippen molar-refractivity contribution in [2.24, 2.45) is 11.8 Å². The highest BCUT2D eigenvalue weighted by Gasteiger charge is 2.06. The molecular formula is C34H66O17. The first-order valence-corrected chi connectivity index (χ1v) is 17.9. The molecule has 51 heavy (non-hydrogen) atoms. The van der Waals surface area contributed by atoms with Crippen molar-refractivity contribution in [2.45, 2.75) is 27.7 Å². The molecule has 0 spiro atoms. The summed E-state index contributed by atoms with van der Waals surface area (Å²) in [6.45, 7) is 18.6. The summed E-state index contributed by atoms with van der Waals surface area (Å²) in [6.07, 6.45) is -1.36. The fourth-order valence-corrected chi connectivity index (χ4v) is 3.22. The fourth-order valence-electron chi connectivity index (χ4n) is 3.22. The van der Waals surface area contributed by atoms with Crippen molar-refractivity contribution < 1.29 is 80.6 Å². The van der Waals surface area contributed by atoms with Crippen LogP contribution in [-0.4, -0.2) is 184 Å². The zero-order valence-corrected chi connectivity index (χ0v) is 31.5. The fraction of sp³-hybridized carbons (Fsp3) is 0.941. The number of rotatable bonds is 40. The molecular weight excluding hydrogens is 680 g/mol. The zero-order chi connectivity index (χ0) is 37.3. The van der Waals surface area contributed by atoms with Crippen molar-refractivity contribution in [3.05, 3.63) is 0 Å². The van der Waals surface area contributed by atoms with E-state index in [0.717, 1.165) is 0 Å². The normalized spacial score (nSPS) is 11.4. The van der Waals surface area contributed by atoms with E-state index in [0.29, 0.717) is 145 Å². The Bertz CT molecular complexity index is 671. The molecule has 304 valence electrons. The minimum Gasteiger partial charge on any atom is -0.434 e. The highest BCUT2D eigenvalue weighted by molar-refractivity contribution is 5.60. The van der Waals surface area contributed by atoms with E-state index in [1.165, 1.54) is 0 Å². The first-order valence-electron chi connectivity index (χ1n) is 17.9. The van der Waals surface area contributed by atoms with Gasteiger partial charge in [-0.3, -0.25) is 0 Å². The van der Waals surface area contributed by atoms with E-state index in [1.54, 1.807) is 0 Å². The Hall–Kier alpha value is -1.90. The molecule has 0 amide bonds. The molecule has 0 aromatic carbocycles. The topological polar surface area (TPSA) is 173 Å². The van der Waals surface area contributed by atoms with Gasteiger partial charge in [-0.15, -0.1) is 0 Å². The van der Waals surface area contributed by atoms with Crippen LogP contribution in [0.25, 0.3) is 0 Å². The average Bonchev–Trinajstić information content (AvgIpc) is 3.11. The monoisotopic (exact) mass is 746 g/mol. The zero-order valence-electron chi connectivity index (χ0n) is 31.5. The van der Waals surface area contributed by atoms with Crippen LogP contribution in [0, 0.1) is 11.8 Å². The van der Waals surface area contributed by atoms with Gasteiger partial charge in [-0.25, -0.2) is 9.59 Å². The van der Waals surface area contributed by atoms with Crippen LogP contribution in [0.4, 0.5) is 9.59 Å². The smallest absolute Gasteiger partial charge is 0.434 e. The van der Waals surface area contributed by atoms with Crippen LogP contribution in [-0.2, 0) is 71.1 Å². The van der Waals surface area contributed by atoms with Crippen LogP contribution in [0.2, 0.25) is 0 Å². The van der Waals surface area contributed by atoms with Crippen LogP contribution in [0.3, 0.4) is 0 Å². The van der Waals surface area contributed by atoms with Crippen molar-refractivity contribution in [3.63, 3.8) is 0 Å². The van der Waals surface area contributed by atoms with Gasteiger partial charge in [0.15, 0.2) is 0 Å². The van der Waals surface area contributed by atoms with Crippen molar-refractivity contribution in [1.29, 1.82) is 0 Å². The van der Waals surface area contributed by atoms with Gasteiger partial charge in [0, 0.05) is 0 Å². The first kappa shape index (κ1) is 49.1. The summed E-state index contributed by atoms with van der Waals surface area (Å²) in [4.78, 5) is 22.5. The minimum absolute atomic E-state index is 0.143. The van der Waals surface area contributed by atoms with Crippen LogP contribution in [0.15, 0.2) is 0 Å². The van der Waals surface area contributed by atoms with Gasteiger partial charge in [-0.1, -0.05) is 27.7 Å². The molecule has 17 nitrogen and oxygen atoms in total. The molecule has 0 N–H and O–H groups in total. The molecule has 0 aromatic heterocycles. The molecule has 0 heterocycles. The van der Waals surface area contributed by atoms with Crippen molar-refractivity contribution in [3.8, 4) is 0 Å². The third-order valence-corrected chi connectivity index (χ3v) is 5.68. The Labute approximate surface area is 304 Å². The molecule has 0 saturated carbocycles. The van der Waals surface area contributed by atoms with Crippen LogP contribution in [0.5, 0.6) is 0 Å². The number of hydrogen-bond donors (Lipinski definition) is 0. The second kappa shape index (κ2) is 40.9. The standard InChI is InChI=1S/C34H66O17/c1-31(2)29-50-33(35)48-27-25-46-23-21-44-19-17-42-15-13-40-11-9-38-7-5-37-6-8-39-10-12-41-14-16-43-18-20-45-22-24-47-26-28-49-34(36)51-30-32(3)4/h31-32H,5-30H2,1-4H3. The maximum Gasteiger partial charge on any atom is 0.508 e. The quantitative estimate of drug-likeness (QED) is 0.0661. The predicted octanol–water partition coefficient (Wildman–Crippen LogP) is 2.79. The molecule has 0 fully saturated rings. The molecule has 0 aliphatic rings. The second-order valence-corrected chi connectivity index (χ2v) is 11.3. The van der Waals surface area contributed by atoms with Crippen LogP contribution in [0.1, 0.15) is 27.7 Å². The van der Waals surface area contributed by atoms with E-state index in [-0.39, 0.29) is 38.3 Å². The van der Waals surface area contributed by atoms with Crippen LogP contribution >= 0.6 is 0 Å². The third-order valence-electron chi connectivity index (χ3n) is 5.68. The molecule has 0 aliphatic carbocycles. The van der Waals surface area contributed by atoms with Gasteiger partial charge >= 0.3 is 12.3 Å². The van der Waals surface area contributed by atoms with E-state index < -0.39 is 12.3 Å². The third kappa shape index (κ3) is 44.2. The Morgan fingerprint density at radius 3 is 0.588 bits per heavy atom. The van der Waals surface area contributed by atoms with Gasteiger partial charge in [0.1, 0.15) is 13.2 Å². The molecule has 0 radical (unpaired) electrons. The lowest BCUT2D eigenvalue weighted by Gasteiger charge is -2.09. The summed E-state index contributed by atoms with van der Waals surface area (Å²) in [5.41, 5.74) is 0. The first-order chi connectivity index (χ1) is 24.9. The van der Waals surface area contributed by atoms with E-state index in [9.17, 15) is 9.59 Å². The summed E-state index contributed by atoms with van der Waals surface area (Å²) >= 11 is 0. The summed E-state index contributed by atoms with van der Waals surface area (Å²) < 4.78 is 79.2. The summed E-state index contributed by atoms with van der Waals surface area (Å²) in [5, 5.41) is 0. The molecule has 0 rings (SSSR count). The average molecular weight is 747 g/mol. The van der Waals surface area contributed by atoms with E-state index in [2.05, 4.69) is 0 Å². The van der Waals surface area contributed by atoms with E-state index in [1.807, 2.05) is 27.7 Å². The number of hydrogen-bond acceptors (Lipinski definition) is 17. The summed E-state index contributed by atoms with van der Waals surface area (Å²) in [5.74, 6) is 0.534. The molecule has 0 aromatic rings. The Balaban J connectivity index is 3.11. The van der Waals surface area contributed by atoms with Gasteiger partial charge in [0.2, 0.25) is 0 Å². The molecule has 0 unspecified atom stereocenters. The highest BCUT2D eigenvalue weighted by Crippen LogP contribution is 1.96. The number of ether oxygens (including phenoxy) is 15. The van der Waals surface area contributed by atoms with Crippen molar-refractivity contribution in [2.75, 3.05) is 172 Å². The van der Waals surface area contributed by atoms with Gasteiger partial charge in [-0.05, 0) is 11.8 Å². The Morgan fingerprint density at radius 1 is 0.275 bits per heavy atom. The van der Waals surface area contributed by atoms with E-state index in [4.69, 9.17) is 71.1 Å². The molecule has 17 heteroatoms. The van der Waals surface area contributed by atoms with Crippen LogP contribution < -0.4 is 0 Å². The molecule has 0 saturated heterocycles. The summed E-state index contributed by atoms with van der Waals surface area (Å²) in [6, 6.07) is 0. The van der Waals surface area contributed by atoms with Gasteiger partial charge in [0.05, 0.1) is 159 Å². The number of carbonyl (C=O) groups is 2. The maximum absolute atomic E-state index is 11.3. The summed E-state index contributed by atoms with van der Waals surface area (Å²) in [7, 11) is 0. The minimum atomic E-state index is -0.678. The predicted molar refractivity (Wildman–Crippen MR) is 183 cm³/mol. The maximum atomic E-state index is 11.3. The SMILES string of the molecule is CC(C)COC(=O)OCCOCCOCCOCCOCCOCCOCCOCCOCCOCCOCCOCCOC(=O)OCC(C)C. The van der Waals surface area contributed by atoms with E-state index >= 15 is 0 Å². The largest absolute Gasteiger partial charge is 0.508 e. The van der Waals surface area contributed by atoms with Gasteiger partial charge < -0.3 is 71.1 Å². The lowest BCUT2D eigenvalue weighted by atomic mass is 10.2. The lowest BCUT2D eigenvalue weighted by molar-refractivity contribution is -0.0290. The molecule has 0 aliphatic heterocycles. The molecule has 0 atom stereocenters. The second-order valence-electron chi connectivity index (χ2n) is 11.3. The van der Waals surface area contributed by atoms with Crippen molar-refractivity contribution in [1.82, 2.24) is 0 Å². The van der Waals surface area contributed by atoms with Gasteiger partial charge in [-0.2, -0.15) is 0 Å². The van der Waals surface area contributed by atoms with Gasteiger partial charge in [0.25, 0.3) is 0 Å². The molecule has 0 bridgehead atoms.